The SMILES string of the molecule is Nc1ccc2c(F)c(N3CC[N+](=O)S3)c(OCc3ccccc3)cc2c1. The number of rotatable bonds is 4. The van der Waals surface area contributed by atoms with Gasteiger partial charge in [-0.3, -0.25) is 0 Å². The van der Waals surface area contributed by atoms with Crippen LogP contribution >= 0.6 is 12.1 Å². The summed E-state index contributed by atoms with van der Waals surface area (Å²) < 4.78 is 23.7. The van der Waals surface area contributed by atoms with Gasteiger partial charge in [0.2, 0.25) is 6.54 Å². The first-order valence-electron chi connectivity index (χ1n) is 8.20. The minimum Gasteiger partial charge on any atom is -0.487 e. The van der Waals surface area contributed by atoms with Gasteiger partial charge in [0.25, 0.3) is 0 Å². The summed E-state index contributed by atoms with van der Waals surface area (Å²) >= 11 is 0.947. The van der Waals surface area contributed by atoms with Crippen molar-refractivity contribution in [3.8, 4) is 5.75 Å². The Morgan fingerprint density at radius 2 is 2.00 bits per heavy atom. The second-order valence-electron chi connectivity index (χ2n) is 6.03. The third kappa shape index (κ3) is 3.17. The molecule has 0 aliphatic carbocycles. The number of nitroso groups, excluding NO2 is 1. The Labute approximate surface area is 154 Å². The number of ether oxygens (including phenoxy) is 1. The van der Waals surface area contributed by atoms with E-state index in [2.05, 4.69) is 0 Å². The Hall–Kier alpha value is -2.80. The van der Waals surface area contributed by atoms with E-state index in [0.29, 0.717) is 47.6 Å². The third-order valence-electron chi connectivity index (χ3n) is 4.20. The molecule has 2 N–H and O–H groups in total. The lowest BCUT2D eigenvalue weighted by Crippen LogP contribution is -2.14. The van der Waals surface area contributed by atoms with Crippen LogP contribution in [0.3, 0.4) is 0 Å². The van der Waals surface area contributed by atoms with E-state index >= 15 is 4.39 Å². The molecule has 5 nitrogen and oxygen atoms in total. The van der Waals surface area contributed by atoms with E-state index in [9.17, 15) is 4.91 Å². The van der Waals surface area contributed by atoms with Crippen LogP contribution < -0.4 is 14.8 Å². The fourth-order valence-electron chi connectivity index (χ4n) is 2.94. The highest BCUT2D eigenvalue weighted by Gasteiger charge is 2.34. The zero-order valence-corrected chi connectivity index (χ0v) is 14.7. The number of nitrogens with zero attached hydrogens (tertiary/aromatic N) is 2. The first-order chi connectivity index (χ1) is 12.6. The third-order valence-corrected chi connectivity index (χ3v) is 5.13. The number of nitrogen functional groups attached to an aromatic ring is 1. The standard InChI is InChI=1S/C19H17FN3O2S/c20-18-16-7-6-15(21)10-14(16)11-17(19(18)22-8-9-23(24)26-22)25-12-13-4-2-1-3-5-13/h1-7,10-11H,8-9,12,21H2/q+1. The van der Waals surface area contributed by atoms with Crippen LogP contribution in [0.25, 0.3) is 10.8 Å². The van der Waals surface area contributed by atoms with Gasteiger partial charge in [0.05, 0.1) is 4.17 Å². The highest BCUT2D eigenvalue weighted by molar-refractivity contribution is 7.94. The van der Waals surface area contributed by atoms with Gasteiger partial charge >= 0.3 is 12.1 Å². The first-order valence-corrected chi connectivity index (χ1v) is 8.93. The molecule has 0 atom stereocenters. The van der Waals surface area contributed by atoms with E-state index in [4.69, 9.17) is 10.5 Å². The van der Waals surface area contributed by atoms with Gasteiger partial charge in [-0.15, -0.1) is 0 Å². The molecule has 0 unspecified atom stereocenters. The molecule has 0 spiro atoms. The molecule has 0 amide bonds. The summed E-state index contributed by atoms with van der Waals surface area (Å²) in [6.45, 7) is 1.04. The normalized spacial score (nSPS) is 14.2. The Morgan fingerprint density at radius 3 is 2.73 bits per heavy atom. The molecule has 0 radical (unpaired) electrons. The van der Waals surface area contributed by atoms with Gasteiger partial charge in [-0.2, -0.15) is 0 Å². The minimum absolute atomic E-state index is 0.293. The molecule has 0 aromatic heterocycles. The van der Waals surface area contributed by atoms with Crippen LogP contribution in [-0.4, -0.2) is 17.3 Å². The van der Waals surface area contributed by atoms with E-state index in [-0.39, 0.29) is 0 Å². The van der Waals surface area contributed by atoms with Gasteiger partial charge in [0.1, 0.15) is 24.6 Å². The van der Waals surface area contributed by atoms with Crippen LogP contribution in [0.1, 0.15) is 5.56 Å². The van der Waals surface area contributed by atoms with Crippen molar-refractivity contribution >= 4 is 34.3 Å². The smallest absolute Gasteiger partial charge is 0.341 e. The molecule has 3 aromatic carbocycles. The summed E-state index contributed by atoms with van der Waals surface area (Å²) in [5, 5.41) is 1.11. The van der Waals surface area contributed by atoms with Crippen LogP contribution in [-0.2, 0) is 6.61 Å². The average Bonchev–Trinajstić information content (AvgIpc) is 3.06. The predicted octanol–water partition coefficient (Wildman–Crippen LogP) is 4.30. The number of halogens is 1. The van der Waals surface area contributed by atoms with Crippen molar-refractivity contribution in [1.29, 1.82) is 0 Å². The van der Waals surface area contributed by atoms with Crippen molar-refractivity contribution < 1.29 is 13.3 Å². The summed E-state index contributed by atoms with van der Waals surface area (Å²) in [6.07, 6.45) is 0. The number of anilines is 2. The van der Waals surface area contributed by atoms with Crippen molar-refractivity contribution in [1.82, 2.24) is 0 Å². The summed E-state index contributed by atoms with van der Waals surface area (Å²) in [7, 11) is 0. The fourth-order valence-corrected chi connectivity index (χ4v) is 3.74. The van der Waals surface area contributed by atoms with Crippen LogP contribution in [0.15, 0.2) is 54.6 Å². The molecule has 4 rings (SSSR count). The Bertz CT molecular complexity index is 981. The second-order valence-corrected chi connectivity index (χ2v) is 7.04. The monoisotopic (exact) mass is 370 g/mol. The molecule has 3 aromatic rings. The van der Waals surface area contributed by atoms with Gasteiger partial charge < -0.3 is 10.5 Å². The molecule has 0 bridgehead atoms. The summed E-state index contributed by atoms with van der Waals surface area (Å²) in [5.74, 6) is -0.0133. The van der Waals surface area contributed by atoms with Crippen LogP contribution in [0.4, 0.5) is 15.8 Å². The lowest BCUT2D eigenvalue weighted by molar-refractivity contribution is -0.358. The molecule has 0 saturated carbocycles. The molecular formula is C19H17FN3O2S+. The molecule has 1 aliphatic rings. The fraction of sp³-hybridized carbons (Fsp3) is 0.158. The van der Waals surface area contributed by atoms with Crippen molar-refractivity contribution in [2.24, 2.45) is 0 Å². The quantitative estimate of drug-likeness (QED) is 0.421. The van der Waals surface area contributed by atoms with Crippen LogP contribution in [0, 0.1) is 10.7 Å². The van der Waals surface area contributed by atoms with E-state index in [1.54, 1.807) is 28.6 Å². The zero-order chi connectivity index (χ0) is 18.1. The number of benzene rings is 3. The lowest BCUT2D eigenvalue weighted by Gasteiger charge is -2.18. The maximum atomic E-state index is 15.3. The maximum Gasteiger partial charge on any atom is 0.341 e. The van der Waals surface area contributed by atoms with Crippen LogP contribution in [0.5, 0.6) is 5.75 Å². The van der Waals surface area contributed by atoms with Crippen molar-refractivity contribution in [2.45, 2.75) is 6.61 Å². The highest BCUT2D eigenvalue weighted by Crippen LogP contribution is 2.42. The van der Waals surface area contributed by atoms with Gasteiger partial charge in [-0.1, -0.05) is 30.3 Å². The predicted molar refractivity (Wildman–Crippen MR) is 103 cm³/mol. The number of nitrogens with two attached hydrogens (primary N) is 1. The Kier molecular flexibility index (Phi) is 4.38. The topological polar surface area (TPSA) is 58.6 Å². The molecule has 132 valence electrons. The molecule has 1 saturated heterocycles. The van der Waals surface area contributed by atoms with Crippen LogP contribution in [0.2, 0.25) is 0 Å². The Morgan fingerprint density at radius 1 is 1.19 bits per heavy atom. The summed E-state index contributed by atoms with van der Waals surface area (Å²) in [4.78, 5) is 11.6. The van der Waals surface area contributed by atoms with Gasteiger partial charge in [-0.05, 0) is 35.2 Å². The Balaban J connectivity index is 1.78. The highest BCUT2D eigenvalue weighted by atomic mass is 32.2. The molecule has 1 heterocycles. The summed E-state index contributed by atoms with van der Waals surface area (Å²) in [5.41, 5.74) is 7.67. The van der Waals surface area contributed by atoms with Gasteiger partial charge in [-0.25, -0.2) is 8.70 Å². The van der Waals surface area contributed by atoms with Gasteiger partial charge in [0, 0.05) is 16.0 Å². The number of hydrogen-bond acceptors (Lipinski definition) is 5. The van der Waals surface area contributed by atoms with E-state index in [1.165, 1.54) is 0 Å². The van der Waals surface area contributed by atoms with Crippen molar-refractivity contribution in [3.05, 3.63) is 70.9 Å². The summed E-state index contributed by atoms with van der Waals surface area (Å²) in [6, 6.07) is 16.5. The molecule has 1 fully saturated rings. The van der Waals surface area contributed by atoms with Crippen molar-refractivity contribution in [2.75, 3.05) is 23.1 Å². The molecule has 7 heteroatoms. The zero-order valence-electron chi connectivity index (χ0n) is 13.9. The van der Waals surface area contributed by atoms with Crippen molar-refractivity contribution in [3.63, 3.8) is 0 Å². The number of hydrogen-bond donors (Lipinski definition) is 1. The lowest BCUT2D eigenvalue weighted by atomic mass is 10.1. The number of fused-ring (bicyclic) bond motifs is 1. The molecule has 26 heavy (non-hydrogen) atoms. The van der Waals surface area contributed by atoms with E-state index < -0.39 is 5.82 Å². The molecule has 1 aliphatic heterocycles. The second kappa shape index (κ2) is 6.84. The molecular weight excluding hydrogens is 353 g/mol. The largest absolute Gasteiger partial charge is 0.487 e. The average molecular weight is 370 g/mol. The maximum absolute atomic E-state index is 15.3. The first kappa shape index (κ1) is 16.7. The minimum atomic E-state index is -0.409. The van der Waals surface area contributed by atoms with E-state index in [1.807, 2.05) is 30.3 Å². The van der Waals surface area contributed by atoms with Gasteiger partial charge in [0.15, 0.2) is 5.82 Å². The van der Waals surface area contributed by atoms with E-state index in [0.717, 1.165) is 21.9 Å².